The molecule has 0 radical (unpaired) electrons. The second-order valence-corrected chi connectivity index (χ2v) is 7.06. The molecule has 0 saturated heterocycles. The monoisotopic (exact) mass is 316 g/mol. The van der Waals surface area contributed by atoms with Crippen molar-refractivity contribution >= 4 is 10.0 Å². The summed E-state index contributed by atoms with van der Waals surface area (Å²) in [5, 5.41) is 7.47. The first-order valence-electron chi connectivity index (χ1n) is 7.32. The molecule has 1 saturated carbocycles. The van der Waals surface area contributed by atoms with E-state index in [1.807, 2.05) is 6.92 Å². The fraction of sp³-hybridized carbons (Fsp3) is 0.769. The van der Waals surface area contributed by atoms with Crippen LogP contribution in [0.2, 0.25) is 0 Å². The summed E-state index contributed by atoms with van der Waals surface area (Å²) in [6.07, 6.45) is 6.10. The Balaban J connectivity index is 1.90. The Labute approximate surface area is 126 Å². The van der Waals surface area contributed by atoms with Crippen LogP contribution in [0, 0.1) is 0 Å². The van der Waals surface area contributed by atoms with E-state index in [1.54, 1.807) is 18.0 Å². The van der Waals surface area contributed by atoms with Crippen LogP contribution in [0.4, 0.5) is 0 Å². The minimum Gasteiger partial charge on any atom is -0.383 e. The first kappa shape index (κ1) is 16.4. The van der Waals surface area contributed by atoms with Gasteiger partial charge in [0.1, 0.15) is 4.90 Å². The number of nitrogens with zero attached hydrogens (tertiary/aromatic N) is 2. The topological polar surface area (TPSA) is 85.2 Å². The molecule has 1 aliphatic rings. The first-order valence-corrected chi connectivity index (χ1v) is 8.80. The molecule has 0 amide bonds. The summed E-state index contributed by atoms with van der Waals surface area (Å²) < 4.78 is 33.8. The highest BCUT2D eigenvalue weighted by atomic mass is 32.2. The van der Waals surface area contributed by atoms with E-state index in [-0.39, 0.29) is 10.9 Å². The summed E-state index contributed by atoms with van der Waals surface area (Å²) in [5.74, 6) is 0. The van der Waals surface area contributed by atoms with E-state index in [9.17, 15) is 8.42 Å². The molecule has 1 aliphatic carbocycles. The van der Waals surface area contributed by atoms with E-state index < -0.39 is 10.0 Å². The number of methoxy groups -OCH3 is 1. The molecule has 120 valence electrons. The second-order valence-electron chi connectivity index (χ2n) is 5.35. The Morgan fingerprint density at radius 3 is 2.90 bits per heavy atom. The van der Waals surface area contributed by atoms with Gasteiger partial charge in [-0.1, -0.05) is 6.92 Å². The SMILES string of the molecule is CCC(COC)NS(=O)(=O)c1cnn(CCNC2CC2)c1. The number of ether oxygens (including phenoxy) is 1. The van der Waals surface area contributed by atoms with Gasteiger partial charge in [-0.25, -0.2) is 13.1 Å². The number of nitrogens with one attached hydrogen (secondary N) is 2. The molecule has 8 heteroatoms. The third-order valence-electron chi connectivity index (χ3n) is 3.45. The van der Waals surface area contributed by atoms with Crippen LogP contribution in [-0.4, -0.2) is 50.5 Å². The molecule has 0 aromatic carbocycles. The predicted molar refractivity (Wildman–Crippen MR) is 79.5 cm³/mol. The van der Waals surface area contributed by atoms with Gasteiger partial charge in [0, 0.05) is 31.9 Å². The maximum Gasteiger partial charge on any atom is 0.244 e. The molecule has 0 bridgehead atoms. The summed E-state index contributed by atoms with van der Waals surface area (Å²) in [4.78, 5) is 0.198. The summed E-state index contributed by atoms with van der Waals surface area (Å²) in [6.45, 7) is 3.75. The molecular weight excluding hydrogens is 292 g/mol. The Kier molecular flexibility index (Phi) is 5.74. The lowest BCUT2D eigenvalue weighted by atomic mass is 10.3. The lowest BCUT2D eigenvalue weighted by molar-refractivity contribution is 0.173. The largest absolute Gasteiger partial charge is 0.383 e. The molecular formula is C13H24N4O3S. The number of aromatic nitrogens is 2. The van der Waals surface area contributed by atoms with Gasteiger partial charge in [-0.3, -0.25) is 4.68 Å². The minimum atomic E-state index is -3.54. The maximum absolute atomic E-state index is 12.2. The molecule has 21 heavy (non-hydrogen) atoms. The maximum atomic E-state index is 12.2. The van der Waals surface area contributed by atoms with E-state index in [1.165, 1.54) is 19.0 Å². The third kappa shape index (κ3) is 5.06. The molecule has 2 rings (SSSR count). The van der Waals surface area contributed by atoms with Crippen LogP contribution < -0.4 is 10.0 Å². The van der Waals surface area contributed by atoms with Gasteiger partial charge in [0.25, 0.3) is 0 Å². The van der Waals surface area contributed by atoms with Crippen LogP contribution >= 0.6 is 0 Å². The molecule has 1 aromatic rings. The fourth-order valence-electron chi connectivity index (χ4n) is 2.00. The lowest BCUT2D eigenvalue weighted by Crippen LogP contribution is -2.37. The summed E-state index contributed by atoms with van der Waals surface area (Å²) in [7, 11) is -1.98. The Hall–Kier alpha value is -0.960. The molecule has 0 aliphatic heterocycles. The summed E-state index contributed by atoms with van der Waals surface area (Å²) in [5.41, 5.74) is 0. The van der Waals surface area contributed by atoms with Crippen LogP contribution in [0.15, 0.2) is 17.3 Å². The molecule has 1 heterocycles. The van der Waals surface area contributed by atoms with Crippen molar-refractivity contribution < 1.29 is 13.2 Å². The van der Waals surface area contributed by atoms with Gasteiger partial charge in [-0.2, -0.15) is 5.10 Å². The highest BCUT2D eigenvalue weighted by Crippen LogP contribution is 2.18. The predicted octanol–water partition coefficient (Wildman–Crippen LogP) is 0.338. The standard InChI is InChI=1S/C13H24N4O3S/c1-3-11(10-20-2)16-21(18,19)13-8-15-17(9-13)7-6-14-12-4-5-12/h8-9,11-12,14,16H,3-7,10H2,1-2H3. The fourth-order valence-corrected chi connectivity index (χ4v) is 3.26. The minimum absolute atomic E-state index is 0.198. The van der Waals surface area contributed by atoms with Crippen LogP contribution in [-0.2, 0) is 21.3 Å². The van der Waals surface area contributed by atoms with Crippen LogP contribution in [0.5, 0.6) is 0 Å². The average Bonchev–Trinajstić information content (AvgIpc) is 3.13. The summed E-state index contributed by atoms with van der Waals surface area (Å²) >= 11 is 0. The molecule has 2 N–H and O–H groups in total. The molecule has 1 fully saturated rings. The van der Waals surface area contributed by atoms with Crippen molar-refractivity contribution in [3.8, 4) is 0 Å². The zero-order chi connectivity index (χ0) is 15.3. The zero-order valence-corrected chi connectivity index (χ0v) is 13.4. The van der Waals surface area contributed by atoms with Crippen molar-refractivity contribution in [2.24, 2.45) is 0 Å². The van der Waals surface area contributed by atoms with Crippen molar-refractivity contribution in [2.75, 3.05) is 20.3 Å². The quantitative estimate of drug-likeness (QED) is 0.650. The van der Waals surface area contributed by atoms with E-state index in [0.29, 0.717) is 25.6 Å². The average molecular weight is 316 g/mol. The van der Waals surface area contributed by atoms with Crippen molar-refractivity contribution in [3.05, 3.63) is 12.4 Å². The lowest BCUT2D eigenvalue weighted by Gasteiger charge is -2.15. The number of hydrogen-bond donors (Lipinski definition) is 2. The van der Waals surface area contributed by atoms with Gasteiger partial charge < -0.3 is 10.1 Å². The Morgan fingerprint density at radius 2 is 2.29 bits per heavy atom. The van der Waals surface area contributed by atoms with E-state index in [0.717, 1.165) is 6.54 Å². The molecule has 1 aromatic heterocycles. The van der Waals surface area contributed by atoms with Crippen molar-refractivity contribution in [1.29, 1.82) is 0 Å². The normalized spacial score (nSPS) is 17.0. The molecule has 0 spiro atoms. The van der Waals surface area contributed by atoms with E-state index >= 15 is 0 Å². The zero-order valence-electron chi connectivity index (χ0n) is 12.6. The number of rotatable bonds is 10. The summed E-state index contributed by atoms with van der Waals surface area (Å²) in [6, 6.07) is 0.421. The van der Waals surface area contributed by atoms with E-state index in [2.05, 4.69) is 15.1 Å². The van der Waals surface area contributed by atoms with Crippen LogP contribution in [0.25, 0.3) is 0 Å². The Bertz CT molecular complexity index is 539. The van der Waals surface area contributed by atoms with Gasteiger partial charge in [0.15, 0.2) is 0 Å². The second kappa shape index (κ2) is 7.35. The van der Waals surface area contributed by atoms with Crippen molar-refractivity contribution in [2.45, 2.75) is 49.7 Å². The number of hydrogen-bond acceptors (Lipinski definition) is 5. The third-order valence-corrected chi connectivity index (χ3v) is 4.93. The van der Waals surface area contributed by atoms with Gasteiger partial charge in [-0.15, -0.1) is 0 Å². The van der Waals surface area contributed by atoms with Gasteiger partial charge in [0.2, 0.25) is 10.0 Å². The van der Waals surface area contributed by atoms with E-state index in [4.69, 9.17) is 4.74 Å². The molecule has 7 nitrogen and oxygen atoms in total. The van der Waals surface area contributed by atoms with Gasteiger partial charge in [-0.05, 0) is 19.3 Å². The van der Waals surface area contributed by atoms with Crippen LogP contribution in [0.3, 0.4) is 0 Å². The highest BCUT2D eigenvalue weighted by Gasteiger charge is 2.21. The highest BCUT2D eigenvalue weighted by molar-refractivity contribution is 7.89. The van der Waals surface area contributed by atoms with Crippen molar-refractivity contribution in [1.82, 2.24) is 19.8 Å². The molecule has 1 unspecified atom stereocenters. The Morgan fingerprint density at radius 1 is 1.52 bits per heavy atom. The smallest absolute Gasteiger partial charge is 0.244 e. The number of sulfonamides is 1. The molecule has 1 atom stereocenters. The van der Waals surface area contributed by atoms with Gasteiger partial charge in [0.05, 0.1) is 19.3 Å². The first-order chi connectivity index (χ1) is 10.0. The van der Waals surface area contributed by atoms with Gasteiger partial charge >= 0.3 is 0 Å². The van der Waals surface area contributed by atoms with Crippen LogP contribution in [0.1, 0.15) is 26.2 Å². The van der Waals surface area contributed by atoms with Crippen molar-refractivity contribution in [3.63, 3.8) is 0 Å².